The third-order valence-electron chi connectivity index (χ3n) is 15.3. The maximum Gasteiger partial charge on any atom is 0.410 e. The van der Waals surface area contributed by atoms with E-state index in [1.807, 2.05) is 12.1 Å². The summed E-state index contributed by atoms with van der Waals surface area (Å²) in [6, 6.07) is 12.8. The number of carbonyl (C=O) groups is 3. The molecule has 0 bridgehead atoms. The second-order valence-corrected chi connectivity index (χ2v) is 27.6. The van der Waals surface area contributed by atoms with Crippen LogP contribution in [0.5, 0.6) is 0 Å². The predicted octanol–water partition coefficient (Wildman–Crippen LogP) is 13.0. The van der Waals surface area contributed by atoms with Crippen molar-refractivity contribution in [1.82, 2.24) is 45.3 Å². The SMILES string of the molecule is C1CCOCC1.Cn1ncc(Cl)c1-c1cc(C(=O)N[C@@H]2CN(C(=O)OC(C)(C)C)C(CCOS(C)(=O)=O)C[C@H]2c2ccc(Cl)c(Cl)c2)oc1Cl.Cn1ncc(Cl)c1-c1cc(C(=O)N[C@@H]2CNC(CCN3CCOCC3)C[C@H]2c2ccc(Cl)c(Cl)c2)oc1Cl. The van der Waals surface area contributed by atoms with Crippen LogP contribution in [-0.4, -0.2) is 157 Å². The Morgan fingerprint density at radius 3 is 1.64 bits per heavy atom. The van der Waals surface area contributed by atoms with E-state index in [4.69, 9.17) is 120 Å². The van der Waals surface area contributed by atoms with E-state index < -0.39 is 39.8 Å². The van der Waals surface area contributed by atoms with Gasteiger partial charge in [-0.2, -0.15) is 18.6 Å². The van der Waals surface area contributed by atoms with Crippen LogP contribution in [0.1, 0.15) is 110 Å². The minimum absolute atomic E-state index is 0.0178. The topological polar surface area (TPSA) is 227 Å². The van der Waals surface area contributed by atoms with Crippen LogP contribution >= 0.6 is 92.8 Å². The Bertz CT molecular complexity index is 3440. The highest BCUT2D eigenvalue weighted by Gasteiger charge is 2.42. The first-order valence-electron chi connectivity index (χ1n) is 28.6. The molecule has 6 aromatic rings. The Kier molecular flexibility index (Phi) is 24.8. The van der Waals surface area contributed by atoms with Crippen molar-refractivity contribution in [1.29, 1.82) is 0 Å². The molecular formula is C59H71Cl8N9O11S. The minimum atomic E-state index is -3.71. The number of piperidine rings is 2. The predicted molar refractivity (Wildman–Crippen MR) is 342 cm³/mol. The number of ether oxygens (including phenoxy) is 3. The Labute approximate surface area is 552 Å². The fourth-order valence-electron chi connectivity index (χ4n) is 11.0. The number of hydrogen-bond acceptors (Lipinski definition) is 15. The number of likely N-dealkylation sites (tertiary alicyclic amines) is 1. The summed E-state index contributed by atoms with van der Waals surface area (Å²) >= 11 is 50.4. The van der Waals surface area contributed by atoms with Gasteiger partial charge in [0.2, 0.25) is 10.4 Å². The van der Waals surface area contributed by atoms with E-state index in [0.29, 0.717) is 71.7 Å². The van der Waals surface area contributed by atoms with Gasteiger partial charge in [-0.15, -0.1) is 0 Å². The Morgan fingerprint density at radius 1 is 0.670 bits per heavy atom. The van der Waals surface area contributed by atoms with Gasteiger partial charge >= 0.3 is 6.09 Å². The number of nitrogens with one attached hydrogen (secondary N) is 3. The second-order valence-electron chi connectivity index (χ2n) is 22.8. The van der Waals surface area contributed by atoms with Crippen LogP contribution in [0.15, 0.2) is 69.8 Å². The molecule has 0 saturated carbocycles. The van der Waals surface area contributed by atoms with Crippen LogP contribution in [-0.2, 0) is 42.6 Å². The summed E-state index contributed by atoms with van der Waals surface area (Å²) < 4.78 is 58.8. The maximum atomic E-state index is 13.6. The molecule has 10 rings (SSSR count). The zero-order chi connectivity index (χ0) is 63.6. The molecule has 0 radical (unpaired) electrons. The lowest BCUT2D eigenvalue weighted by atomic mass is 9.81. The molecule has 4 aliphatic heterocycles. The standard InChI is InChI=1S/C28H32Cl4N4O7S.C26H29Cl4N5O3.C5H10O/c1-28(2,3)43-27(38)36-14-22(34-26(37)23-12-18(25(32)42-23)24-21(31)13-33-35(24)4)17(15-6-7-19(29)20(30)10-15)11-16(36)8-9-41-44(5,39)40;1-34-24(21(29)13-32-34)18-12-23(38-25(18)30)26(36)33-22-14-31-16(4-5-35-6-8-37-9-7-35)11-17(22)15-2-3-19(27)20(28)10-15;1-2-4-6-5-3-1/h6-7,10,12-13,16-17,22H,8-9,11,14H2,1-5H3,(H,34,37);2-3,10,12-13,16-17,22,31H,4-9,11,14H2,1H3,(H,33,36);1-5H2/t2*16?,17-,22+;/m00./s1. The molecule has 480 valence electrons. The molecule has 4 aliphatic rings. The van der Waals surface area contributed by atoms with Crippen molar-refractivity contribution in [2.24, 2.45) is 14.1 Å². The third kappa shape index (κ3) is 18.9. The molecule has 20 nitrogen and oxygen atoms in total. The van der Waals surface area contributed by atoms with E-state index in [9.17, 15) is 22.8 Å². The van der Waals surface area contributed by atoms with Crippen LogP contribution in [0.2, 0.25) is 40.6 Å². The first-order valence-corrected chi connectivity index (χ1v) is 33.5. The number of amides is 3. The molecule has 4 aromatic heterocycles. The fraction of sp³-hybridized carbons (Fsp3) is 0.508. The van der Waals surface area contributed by atoms with Crippen molar-refractivity contribution >= 4 is 121 Å². The molecular weight excluding hydrogens is 1330 g/mol. The largest absolute Gasteiger partial charge is 0.444 e. The van der Waals surface area contributed by atoms with Crippen molar-refractivity contribution < 1.29 is 50.0 Å². The molecule has 2 unspecified atom stereocenters. The van der Waals surface area contributed by atoms with E-state index in [1.54, 1.807) is 69.9 Å². The molecule has 0 spiro atoms. The summed E-state index contributed by atoms with van der Waals surface area (Å²) in [4.78, 5) is 44.2. The van der Waals surface area contributed by atoms with Gasteiger partial charge in [-0.25, -0.2) is 4.79 Å². The van der Waals surface area contributed by atoms with Crippen molar-refractivity contribution in [3.8, 4) is 22.5 Å². The molecule has 2 aromatic carbocycles. The van der Waals surface area contributed by atoms with Crippen molar-refractivity contribution in [3.05, 3.63) is 124 Å². The van der Waals surface area contributed by atoms with Crippen LogP contribution in [0.3, 0.4) is 0 Å². The molecule has 3 amide bonds. The number of halogens is 8. The quantitative estimate of drug-likeness (QED) is 0.0813. The van der Waals surface area contributed by atoms with Gasteiger partial charge < -0.3 is 43.9 Å². The highest BCUT2D eigenvalue weighted by atomic mass is 35.5. The summed E-state index contributed by atoms with van der Waals surface area (Å²) in [5.41, 5.74) is 2.92. The van der Waals surface area contributed by atoms with Crippen LogP contribution in [0, 0.1) is 0 Å². The second kappa shape index (κ2) is 31.3. The van der Waals surface area contributed by atoms with Gasteiger partial charge in [0.1, 0.15) is 5.60 Å². The van der Waals surface area contributed by atoms with E-state index in [2.05, 4.69) is 31.0 Å². The van der Waals surface area contributed by atoms with Crippen LogP contribution in [0.25, 0.3) is 22.5 Å². The zero-order valence-corrected chi connectivity index (χ0v) is 56.2. The molecule has 88 heavy (non-hydrogen) atoms. The number of carbonyl (C=O) groups excluding carboxylic acids is 3. The first-order chi connectivity index (χ1) is 41.7. The molecule has 3 N–H and O–H groups in total. The summed E-state index contributed by atoms with van der Waals surface area (Å²) in [7, 11) is -0.284. The molecule has 4 fully saturated rings. The van der Waals surface area contributed by atoms with Gasteiger partial charge in [0.05, 0.1) is 97.2 Å². The average molecular weight is 1400 g/mol. The first kappa shape index (κ1) is 69.6. The van der Waals surface area contributed by atoms with Gasteiger partial charge in [0.25, 0.3) is 21.9 Å². The van der Waals surface area contributed by atoms with E-state index >= 15 is 0 Å². The number of aryl methyl sites for hydroxylation is 2. The molecule has 8 heterocycles. The highest BCUT2D eigenvalue weighted by molar-refractivity contribution is 7.86. The maximum absolute atomic E-state index is 13.6. The van der Waals surface area contributed by atoms with Crippen molar-refractivity contribution in [3.63, 3.8) is 0 Å². The number of rotatable bonds is 15. The normalized spacial score (nSPS) is 21.0. The number of hydrogen-bond donors (Lipinski definition) is 3. The lowest BCUT2D eigenvalue weighted by Gasteiger charge is -2.44. The van der Waals surface area contributed by atoms with Crippen LogP contribution < -0.4 is 16.0 Å². The number of nitrogens with zero attached hydrogens (tertiary/aromatic N) is 6. The number of benzene rings is 2. The zero-order valence-electron chi connectivity index (χ0n) is 49.4. The minimum Gasteiger partial charge on any atom is -0.444 e. The van der Waals surface area contributed by atoms with E-state index in [-0.39, 0.29) is 65.3 Å². The Hall–Kier alpha value is -4.30. The third-order valence-corrected chi connectivity index (χ3v) is 18.5. The smallest absolute Gasteiger partial charge is 0.410 e. The van der Waals surface area contributed by atoms with Gasteiger partial charge in [-0.1, -0.05) is 81.7 Å². The summed E-state index contributed by atoms with van der Waals surface area (Å²) in [6.45, 7) is 12.1. The van der Waals surface area contributed by atoms with Crippen LogP contribution in [0.4, 0.5) is 4.79 Å². The van der Waals surface area contributed by atoms with Gasteiger partial charge in [0, 0.05) is 95.6 Å². The average Bonchev–Trinajstić information content (AvgIpc) is 1.52. The molecule has 29 heteroatoms. The number of morpholine rings is 1. The fourth-order valence-corrected chi connectivity index (χ4v) is 13.0. The lowest BCUT2D eigenvalue weighted by Crippen LogP contribution is -2.58. The van der Waals surface area contributed by atoms with E-state index in [0.717, 1.165) is 76.3 Å². The van der Waals surface area contributed by atoms with Crippen molar-refractivity contribution in [2.45, 2.75) is 107 Å². The summed E-state index contributed by atoms with van der Waals surface area (Å²) in [6.07, 6.45) is 9.57. The molecule has 6 atom stereocenters. The van der Waals surface area contributed by atoms with Crippen molar-refractivity contribution in [2.75, 3.05) is 72.0 Å². The number of furan rings is 2. The summed E-state index contributed by atoms with van der Waals surface area (Å²) in [5, 5.41) is 20.4. The monoisotopic (exact) mass is 1390 g/mol. The Balaban J connectivity index is 0.000000209. The van der Waals surface area contributed by atoms with Gasteiger partial charge in [-0.05, 0) is 131 Å². The van der Waals surface area contributed by atoms with E-state index in [1.165, 1.54) is 47.3 Å². The number of aromatic nitrogens is 4. The molecule has 4 saturated heterocycles. The van der Waals surface area contributed by atoms with Gasteiger partial charge in [-0.3, -0.25) is 28.0 Å². The molecule has 0 aliphatic carbocycles. The lowest BCUT2D eigenvalue weighted by molar-refractivity contribution is 0.000600. The Morgan fingerprint density at radius 2 is 1.18 bits per heavy atom. The highest BCUT2D eigenvalue weighted by Crippen LogP contribution is 2.40. The van der Waals surface area contributed by atoms with Gasteiger partial charge in [0.15, 0.2) is 11.5 Å². The summed E-state index contributed by atoms with van der Waals surface area (Å²) in [5.74, 6) is -1.28.